The molecule has 0 fully saturated rings. The fraction of sp³-hybridized carbons (Fsp3) is 0.692. The quantitative estimate of drug-likeness (QED) is 0.791. The fourth-order valence-electron chi connectivity index (χ4n) is 1.73. The third kappa shape index (κ3) is 4.69. The summed E-state index contributed by atoms with van der Waals surface area (Å²) in [6.45, 7) is 7.53. The SMILES string of the molecule is CCNC(CCC(C)C)c1ccc(OC)nn1. The van der Waals surface area contributed by atoms with Crippen molar-refractivity contribution < 1.29 is 4.74 Å². The van der Waals surface area contributed by atoms with Gasteiger partial charge < -0.3 is 10.1 Å². The summed E-state index contributed by atoms with van der Waals surface area (Å²) < 4.78 is 5.01. The Labute approximate surface area is 104 Å². The Hall–Kier alpha value is -1.16. The van der Waals surface area contributed by atoms with E-state index >= 15 is 0 Å². The Balaban J connectivity index is 2.67. The van der Waals surface area contributed by atoms with Crippen LogP contribution in [0.3, 0.4) is 0 Å². The summed E-state index contributed by atoms with van der Waals surface area (Å²) in [5, 5.41) is 11.7. The second kappa shape index (κ2) is 7.22. The van der Waals surface area contributed by atoms with Gasteiger partial charge in [0, 0.05) is 6.07 Å². The third-order valence-corrected chi connectivity index (χ3v) is 2.71. The van der Waals surface area contributed by atoms with E-state index in [1.165, 1.54) is 6.42 Å². The Morgan fingerprint density at radius 2 is 2.00 bits per heavy atom. The van der Waals surface area contributed by atoms with Crippen LogP contribution in [0.1, 0.15) is 45.3 Å². The van der Waals surface area contributed by atoms with Crippen LogP contribution in [-0.4, -0.2) is 23.9 Å². The number of ether oxygens (including phenoxy) is 1. The minimum absolute atomic E-state index is 0.292. The maximum atomic E-state index is 5.01. The Bertz CT molecular complexity index is 311. The lowest BCUT2D eigenvalue weighted by atomic mass is 10.0. The summed E-state index contributed by atoms with van der Waals surface area (Å²) in [7, 11) is 1.60. The number of hydrogen-bond donors (Lipinski definition) is 1. The van der Waals surface area contributed by atoms with Crippen molar-refractivity contribution in [2.24, 2.45) is 5.92 Å². The highest BCUT2D eigenvalue weighted by atomic mass is 16.5. The molecule has 0 saturated heterocycles. The lowest BCUT2D eigenvalue weighted by Crippen LogP contribution is -2.22. The first kappa shape index (κ1) is 13.9. The standard InChI is InChI=1S/C13H23N3O/c1-5-14-11(7-6-10(2)3)12-8-9-13(17-4)16-15-12/h8-11,14H,5-7H2,1-4H3. The van der Waals surface area contributed by atoms with E-state index in [-0.39, 0.29) is 0 Å². The molecule has 4 nitrogen and oxygen atoms in total. The summed E-state index contributed by atoms with van der Waals surface area (Å²) in [6, 6.07) is 4.14. The predicted molar refractivity (Wildman–Crippen MR) is 69.1 cm³/mol. The Morgan fingerprint density at radius 1 is 1.24 bits per heavy atom. The monoisotopic (exact) mass is 237 g/mol. The van der Waals surface area contributed by atoms with Gasteiger partial charge >= 0.3 is 0 Å². The Morgan fingerprint density at radius 3 is 2.47 bits per heavy atom. The van der Waals surface area contributed by atoms with Gasteiger partial charge in [-0.1, -0.05) is 20.8 Å². The Kier molecular flexibility index (Phi) is 5.91. The number of hydrogen-bond acceptors (Lipinski definition) is 4. The van der Waals surface area contributed by atoms with Crippen LogP contribution in [0, 0.1) is 5.92 Å². The van der Waals surface area contributed by atoms with E-state index in [9.17, 15) is 0 Å². The van der Waals surface area contributed by atoms with Crippen molar-refractivity contribution in [3.63, 3.8) is 0 Å². The van der Waals surface area contributed by atoms with Crippen LogP contribution in [0.15, 0.2) is 12.1 Å². The van der Waals surface area contributed by atoms with Crippen molar-refractivity contribution in [3.8, 4) is 5.88 Å². The first-order valence-corrected chi connectivity index (χ1v) is 6.28. The summed E-state index contributed by atoms with van der Waals surface area (Å²) in [5.41, 5.74) is 0.994. The van der Waals surface area contributed by atoms with Crippen molar-refractivity contribution in [2.75, 3.05) is 13.7 Å². The fourth-order valence-corrected chi connectivity index (χ4v) is 1.73. The molecular weight excluding hydrogens is 214 g/mol. The highest BCUT2D eigenvalue weighted by molar-refractivity contribution is 5.14. The molecule has 0 aromatic carbocycles. The molecular formula is C13H23N3O. The lowest BCUT2D eigenvalue weighted by Gasteiger charge is -2.17. The van der Waals surface area contributed by atoms with E-state index in [2.05, 4.69) is 36.3 Å². The van der Waals surface area contributed by atoms with Crippen LogP contribution in [0.5, 0.6) is 5.88 Å². The first-order chi connectivity index (χ1) is 8.17. The molecule has 1 atom stereocenters. The smallest absolute Gasteiger partial charge is 0.233 e. The zero-order chi connectivity index (χ0) is 12.7. The highest BCUT2D eigenvalue weighted by Crippen LogP contribution is 2.19. The molecule has 0 bridgehead atoms. The number of rotatable bonds is 7. The summed E-state index contributed by atoms with van der Waals surface area (Å²) >= 11 is 0. The molecule has 0 saturated carbocycles. The van der Waals surface area contributed by atoms with Crippen LogP contribution in [0.25, 0.3) is 0 Å². The van der Waals surface area contributed by atoms with Gasteiger partial charge in [0.1, 0.15) is 0 Å². The molecule has 0 aliphatic carbocycles. The van der Waals surface area contributed by atoms with E-state index in [4.69, 9.17) is 4.74 Å². The van der Waals surface area contributed by atoms with Gasteiger partial charge in [-0.15, -0.1) is 5.10 Å². The molecule has 1 unspecified atom stereocenters. The van der Waals surface area contributed by atoms with E-state index in [0.29, 0.717) is 17.8 Å². The zero-order valence-electron chi connectivity index (χ0n) is 11.2. The molecule has 4 heteroatoms. The molecule has 1 N–H and O–H groups in total. The second-order valence-electron chi connectivity index (χ2n) is 4.58. The van der Waals surface area contributed by atoms with Crippen LogP contribution in [-0.2, 0) is 0 Å². The molecule has 1 aromatic rings. The molecule has 1 rings (SSSR count). The number of aromatic nitrogens is 2. The van der Waals surface area contributed by atoms with Crippen molar-refractivity contribution in [1.29, 1.82) is 0 Å². The molecule has 96 valence electrons. The number of methoxy groups -OCH3 is 1. The van der Waals surface area contributed by atoms with Gasteiger partial charge in [-0.2, -0.15) is 5.10 Å². The molecule has 1 aromatic heterocycles. The second-order valence-corrected chi connectivity index (χ2v) is 4.58. The van der Waals surface area contributed by atoms with Gasteiger partial charge in [-0.05, 0) is 31.4 Å². The minimum Gasteiger partial charge on any atom is -0.480 e. The predicted octanol–water partition coefficient (Wildman–Crippen LogP) is 2.57. The van der Waals surface area contributed by atoms with Gasteiger partial charge in [0.25, 0.3) is 0 Å². The van der Waals surface area contributed by atoms with E-state index in [1.54, 1.807) is 7.11 Å². The molecule has 0 amide bonds. The molecule has 0 radical (unpaired) electrons. The molecule has 0 spiro atoms. The van der Waals surface area contributed by atoms with Crippen molar-refractivity contribution in [1.82, 2.24) is 15.5 Å². The maximum Gasteiger partial charge on any atom is 0.233 e. The van der Waals surface area contributed by atoms with Crippen LogP contribution in [0.2, 0.25) is 0 Å². The van der Waals surface area contributed by atoms with Crippen LogP contribution >= 0.6 is 0 Å². The van der Waals surface area contributed by atoms with Crippen LogP contribution < -0.4 is 10.1 Å². The van der Waals surface area contributed by atoms with Gasteiger partial charge in [0.15, 0.2) is 0 Å². The van der Waals surface area contributed by atoms with E-state index < -0.39 is 0 Å². The highest BCUT2D eigenvalue weighted by Gasteiger charge is 2.13. The first-order valence-electron chi connectivity index (χ1n) is 6.28. The van der Waals surface area contributed by atoms with Gasteiger partial charge in [-0.25, -0.2) is 0 Å². The zero-order valence-corrected chi connectivity index (χ0v) is 11.2. The molecule has 1 heterocycles. The molecule has 17 heavy (non-hydrogen) atoms. The van der Waals surface area contributed by atoms with Gasteiger partial charge in [-0.3, -0.25) is 0 Å². The molecule has 0 aliphatic rings. The summed E-state index contributed by atoms with van der Waals surface area (Å²) in [6.07, 6.45) is 2.28. The normalized spacial score (nSPS) is 12.8. The topological polar surface area (TPSA) is 47.0 Å². The molecule has 0 aliphatic heterocycles. The average molecular weight is 237 g/mol. The van der Waals surface area contributed by atoms with Gasteiger partial charge in [0.2, 0.25) is 5.88 Å². The van der Waals surface area contributed by atoms with Crippen molar-refractivity contribution in [3.05, 3.63) is 17.8 Å². The van der Waals surface area contributed by atoms with E-state index in [0.717, 1.165) is 18.7 Å². The lowest BCUT2D eigenvalue weighted by molar-refractivity contribution is 0.386. The van der Waals surface area contributed by atoms with Crippen molar-refractivity contribution in [2.45, 2.75) is 39.7 Å². The average Bonchev–Trinajstić information content (AvgIpc) is 2.34. The van der Waals surface area contributed by atoms with Gasteiger partial charge in [0.05, 0.1) is 18.8 Å². The maximum absolute atomic E-state index is 5.01. The van der Waals surface area contributed by atoms with E-state index in [1.807, 2.05) is 12.1 Å². The minimum atomic E-state index is 0.292. The summed E-state index contributed by atoms with van der Waals surface area (Å²) in [5.74, 6) is 1.27. The van der Waals surface area contributed by atoms with Crippen LogP contribution in [0.4, 0.5) is 0 Å². The number of nitrogens with zero attached hydrogens (tertiary/aromatic N) is 2. The third-order valence-electron chi connectivity index (χ3n) is 2.71. The number of nitrogens with one attached hydrogen (secondary N) is 1. The summed E-state index contributed by atoms with van der Waals surface area (Å²) in [4.78, 5) is 0. The largest absolute Gasteiger partial charge is 0.480 e. The van der Waals surface area contributed by atoms with Crippen molar-refractivity contribution >= 4 is 0 Å².